The summed E-state index contributed by atoms with van der Waals surface area (Å²) in [5, 5.41) is 10.0. The fourth-order valence-corrected chi connectivity index (χ4v) is 16.7. The molecule has 0 bridgehead atoms. The number of anilines is 3. The first-order chi connectivity index (χ1) is 14.4. The van der Waals surface area contributed by atoms with Crippen molar-refractivity contribution in [3.05, 3.63) is 91.0 Å². The number of halogens is 3. The molecule has 0 aromatic heterocycles. The molecule has 0 saturated heterocycles. The predicted octanol–water partition coefficient (Wildman–Crippen LogP) is 9.89. The SMILES string of the molecule is ClP1(Cl)=NP(Nc2ccccc2)(Nc2ccccc2)=NP(Cl)(Nc2ccccc2)=N1. The maximum atomic E-state index is 6.92. The lowest BCUT2D eigenvalue weighted by Gasteiger charge is -2.31. The second-order valence-electron chi connectivity index (χ2n) is 6.28. The van der Waals surface area contributed by atoms with Gasteiger partial charge in [0.1, 0.15) is 0 Å². The summed E-state index contributed by atoms with van der Waals surface area (Å²) < 4.78 is 14.0. The van der Waals surface area contributed by atoms with E-state index >= 15 is 0 Å². The molecule has 0 aliphatic carbocycles. The minimum Gasteiger partial charge on any atom is -0.323 e. The third kappa shape index (κ3) is 5.65. The molecule has 3 aromatic rings. The van der Waals surface area contributed by atoms with E-state index in [1.54, 1.807) is 0 Å². The van der Waals surface area contributed by atoms with Crippen molar-refractivity contribution in [1.29, 1.82) is 0 Å². The van der Waals surface area contributed by atoms with Crippen molar-refractivity contribution in [1.82, 2.24) is 0 Å². The van der Waals surface area contributed by atoms with Gasteiger partial charge in [0.2, 0.25) is 0 Å². The lowest BCUT2D eigenvalue weighted by Crippen LogP contribution is -2.06. The summed E-state index contributed by atoms with van der Waals surface area (Å²) in [6.07, 6.45) is 0. The van der Waals surface area contributed by atoms with Gasteiger partial charge < -0.3 is 15.3 Å². The second kappa shape index (κ2) is 9.01. The Morgan fingerprint density at radius 3 is 1.33 bits per heavy atom. The van der Waals surface area contributed by atoms with Gasteiger partial charge in [0.15, 0.2) is 0 Å². The number of hydrogen-bond donors (Lipinski definition) is 3. The van der Waals surface area contributed by atoms with Crippen LogP contribution < -0.4 is 15.3 Å². The molecule has 0 radical (unpaired) electrons. The number of para-hydroxylation sites is 3. The predicted molar refractivity (Wildman–Crippen MR) is 136 cm³/mol. The molecular weight excluding hydrogens is 500 g/mol. The summed E-state index contributed by atoms with van der Waals surface area (Å²) in [6.45, 7) is -3.01. The van der Waals surface area contributed by atoms with Crippen LogP contribution >= 0.6 is 53.8 Å². The largest absolute Gasteiger partial charge is 0.323 e. The van der Waals surface area contributed by atoms with E-state index in [0.717, 1.165) is 17.1 Å². The molecule has 1 aliphatic heterocycles. The normalized spacial score (nSPS) is 21.3. The van der Waals surface area contributed by atoms with Crippen LogP contribution in [0.15, 0.2) is 105 Å². The van der Waals surface area contributed by atoms with Crippen molar-refractivity contribution in [2.24, 2.45) is 13.5 Å². The molecule has 3 N–H and O–H groups in total. The minimum atomic E-state index is -3.11. The first-order valence-corrected chi connectivity index (χ1v) is 16.7. The van der Waals surface area contributed by atoms with Gasteiger partial charge in [0.25, 0.3) is 20.1 Å². The number of benzene rings is 3. The van der Waals surface area contributed by atoms with Crippen LogP contribution in [0.5, 0.6) is 0 Å². The van der Waals surface area contributed by atoms with Crippen LogP contribution in [0.1, 0.15) is 0 Å². The summed E-state index contributed by atoms with van der Waals surface area (Å²) in [5.74, 6) is -3.11. The number of hydrogen-bond acceptors (Lipinski definition) is 6. The molecule has 30 heavy (non-hydrogen) atoms. The first kappa shape index (κ1) is 21.8. The first-order valence-electron chi connectivity index (χ1n) is 8.86. The van der Waals surface area contributed by atoms with Gasteiger partial charge >= 0.3 is 0 Å². The Labute approximate surface area is 190 Å². The summed E-state index contributed by atoms with van der Waals surface area (Å²) in [5.41, 5.74) is 2.42. The van der Waals surface area contributed by atoms with Gasteiger partial charge in [0.05, 0.1) is 0 Å². The molecule has 1 atom stereocenters. The fraction of sp³-hybridized carbons (Fsp3) is 0. The van der Waals surface area contributed by atoms with Crippen molar-refractivity contribution < 1.29 is 0 Å². The molecule has 1 unspecified atom stereocenters. The highest BCUT2D eigenvalue weighted by Crippen LogP contribution is 2.82. The maximum absolute atomic E-state index is 6.92. The van der Waals surface area contributed by atoms with Gasteiger partial charge in [-0.25, -0.2) is 0 Å². The quantitative estimate of drug-likeness (QED) is 0.285. The standard InChI is InChI=1S/C18H18Cl3N6P3/c19-28(20)25-29(21,22-16-10-4-1-5-11-16)27-30(26-28,23-17-12-6-2-7-13-17)24-18-14-8-3-9-15-18/h1-15,22-24H. The molecule has 12 heteroatoms. The zero-order valence-corrected chi connectivity index (χ0v) is 20.4. The Morgan fingerprint density at radius 1 is 0.500 bits per heavy atom. The Hall–Kier alpha value is -1.38. The summed E-state index contributed by atoms with van der Waals surface area (Å²) in [4.78, 5) is 0. The van der Waals surface area contributed by atoms with Gasteiger partial charge in [-0.2, -0.15) is 13.5 Å². The van der Waals surface area contributed by atoms with Gasteiger partial charge in [0, 0.05) is 17.1 Å². The summed E-state index contributed by atoms with van der Waals surface area (Å²) in [7, 11) is -2.92. The highest BCUT2D eigenvalue weighted by molar-refractivity contribution is 8.16. The zero-order valence-electron chi connectivity index (χ0n) is 15.5. The molecule has 156 valence electrons. The number of rotatable bonds is 6. The van der Waals surface area contributed by atoms with Gasteiger partial charge in [-0.3, -0.25) is 0 Å². The molecule has 0 spiro atoms. The van der Waals surface area contributed by atoms with E-state index in [1.165, 1.54) is 0 Å². The summed E-state index contributed by atoms with van der Waals surface area (Å²) >= 11 is 20.1. The highest BCUT2D eigenvalue weighted by atomic mass is 35.9. The molecular formula is C18H18Cl3N6P3. The van der Waals surface area contributed by atoms with Crippen LogP contribution in [0.25, 0.3) is 0 Å². The lowest BCUT2D eigenvalue weighted by molar-refractivity contribution is 1.56. The Morgan fingerprint density at radius 2 is 0.900 bits per heavy atom. The minimum absolute atomic E-state index is 0.779. The fourth-order valence-electron chi connectivity index (χ4n) is 2.75. The Balaban J connectivity index is 1.85. The smallest absolute Gasteiger partial charge is 0.267 e. The monoisotopic (exact) mass is 516 g/mol. The molecule has 0 amide bonds. The van der Waals surface area contributed by atoms with Gasteiger partial charge in [-0.05, 0) is 70.1 Å². The van der Waals surface area contributed by atoms with E-state index in [0.29, 0.717) is 0 Å². The van der Waals surface area contributed by atoms with E-state index in [4.69, 9.17) is 38.2 Å². The Bertz CT molecular complexity index is 1140. The summed E-state index contributed by atoms with van der Waals surface area (Å²) in [6, 6.07) is 28.7. The van der Waals surface area contributed by atoms with Crippen molar-refractivity contribution in [3.63, 3.8) is 0 Å². The van der Waals surface area contributed by atoms with Gasteiger partial charge in [-0.15, -0.1) is 0 Å². The maximum Gasteiger partial charge on any atom is 0.267 e. The van der Waals surface area contributed by atoms with Crippen molar-refractivity contribution in [3.8, 4) is 0 Å². The topological polar surface area (TPSA) is 73.2 Å². The molecule has 0 saturated carbocycles. The molecule has 6 nitrogen and oxygen atoms in total. The lowest BCUT2D eigenvalue weighted by atomic mass is 10.3. The van der Waals surface area contributed by atoms with Crippen LogP contribution in [-0.4, -0.2) is 0 Å². The van der Waals surface area contributed by atoms with Crippen LogP contribution in [0.4, 0.5) is 17.1 Å². The van der Waals surface area contributed by atoms with Crippen molar-refractivity contribution in [2.45, 2.75) is 0 Å². The Kier molecular flexibility index (Phi) is 6.55. The third-order valence-corrected chi connectivity index (χ3v) is 15.2. The third-order valence-electron chi connectivity index (χ3n) is 3.87. The molecule has 3 aromatic carbocycles. The average molecular weight is 518 g/mol. The van der Waals surface area contributed by atoms with Gasteiger partial charge in [-0.1, -0.05) is 54.6 Å². The van der Waals surface area contributed by atoms with E-state index in [-0.39, 0.29) is 0 Å². The van der Waals surface area contributed by atoms with E-state index in [2.05, 4.69) is 24.3 Å². The van der Waals surface area contributed by atoms with E-state index < -0.39 is 20.1 Å². The number of nitrogens with zero attached hydrogens (tertiary/aromatic N) is 3. The van der Waals surface area contributed by atoms with Crippen LogP contribution in [-0.2, 0) is 0 Å². The van der Waals surface area contributed by atoms with Crippen LogP contribution in [0, 0.1) is 0 Å². The van der Waals surface area contributed by atoms with Crippen molar-refractivity contribution in [2.75, 3.05) is 15.3 Å². The molecule has 4 rings (SSSR count). The second-order valence-corrected chi connectivity index (χ2v) is 17.0. The van der Waals surface area contributed by atoms with Crippen molar-refractivity contribution >= 4 is 70.9 Å². The molecule has 1 aliphatic rings. The molecule has 1 heterocycles. The van der Waals surface area contributed by atoms with E-state index in [1.807, 2.05) is 91.0 Å². The number of nitrogens with one attached hydrogen (secondary N) is 3. The zero-order chi connectivity index (χ0) is 21.1. The highest BCUT2D eigenvalue weighted by Gasteiger charge is 2.35. The van der Waals surface area contributed by atoms with Crippen LogP contribution in [0.2, 0.25) is 0 Å². The van der Waals surface area contributed by atoms with Crippen LogP contribution in [0.3, 0.4) is 0 Å². The van der Waals surface area contributed by atoms with E-state index in [9.17, 15) is 0 Å². The average Bonchev–Trinajstić information content (AvgIpc) is 2.68. The molecule has 0 fully saturated rings.